The van der Waals surface area contributed by atoms with Crippen molar-refractivity contribution in [1.82, 2.24) is 19.9 Å². The van der Waals surface area contributed by atoms with Gasteiger partial charge in [0.1, 0.15) is 5.82 Å². The van der Waals surface area contributed by atoms with Crippen molar-refractivity contribution < 1.29 is 18.6 Å². The second kappa shape index (κ2) is 8.70. The monoisotopic (exact) mass is 427 g/mol. The highest BCUT2D eigenvalue weighted by molar-refractivity contribution is 5.76. The van der Waals surface area contributed by atoms with E-state index >= 15 is 0 Å². The fourth-order valence-electron chi connectivity index (χ4n) is 3.17. The summed E-state index contributed by atoms with van der Waals surface area (Å²) in [6.45, 7) is 7.19. The van der Waals surface area contributed by atoms with Gasteiger partial charge in [0.25, 0.3) is 0 Å². The van der Waals surface area contributed by atoms with Gasteiger partial charge in [-0.3, -0.25) is 0 Å². The summed E-state index contributed by atoms with van der Waals surface area (Å²) in [5.74, 6) is 0.175. The third-order valence-electron chi connectivity index (χ3n) is 4.95. The normalized spacial score (nSPS) is 21.4. The molecular formula is C22H26FN5O3. The average Bonchev–Trinajstić information content (AvgIpc) is 3.20. The van der Waals surface area contributed by atoms with E-state index in [1.54, 1.807) is 24.4 Å². The molecule has 1 saturated heterocycles. The van der Waals surface area contributed by atoms with E-state index < -0.39 is 6.29 Å². The lowest BCUT2D eigenvalue weighted by atomic mass is 9.93. The average molecular weight is 427 g/mol. The number of halogens is 1. The van der Waals surface area contributed by atoms with Gasteiger partial charge in [0.15, 0.2) is 5.82 Å². The van der Waals surface area contributed by atoms with Crippen LogP contribution in [-0.2, 0) is 9.47 Å². The Hall–Kier alpha value is -2.88. The molecule has 4 rings (SSSR count). The fourth-order valence-corrected chi connectivity index (χ4v) is 3.17. The first kappa shape index (κ1) is 21.4. The Bertz CT molecular complexity index is 1030. The number of H-pyrrole nitrogens is 1. The van der Waals surface area contributed by atoms with Crippen LogP contribution in [0.15, 0.2) is 36.5 Å². The quantitative estimate of drug-likeness (QED) is 0.620. The minimum atomic E-state index is -0.666. The SMILES string of the molecule is CC(C)Oc1nccc(-c2[nH]c(C3OCC(C)(CN)CO3)nc2-c2ccc(F)cc2)n1. The zero-order valence-corrected chi connectivity index (χ0v) is 17.8. The third kappa shape index (κ3) is 4.73. The first-order valence-electron chi connectivity index (χ1n) is 10.2. The van der Waals surface area contributed by atoms with E-state index in [9.17, 15) is 4.39 Å². The van der Waals surface area contributed by atoms with E-state index in [0.29, 0.717) is 42.7 Å². The zero-order valence-electron chi connectivity index (χ0n) is 17.8. The van der Waals surface area contributed by atoms with Crippen LogP contribution in [0.3, 0.4) is 0 Å². The number of rotatable bonds is 6. The highest BCUT2D eigenvalue weighted by Gasteiger charge is 2.34. The second-order valence-corrected chi connectivity index (χ2v) is 8.21. The lowest BCUT2D eigenvalue weighted by Gasteiger charge is -2.35. The Morgan fingerprint density at radius 3 is 2.55 bits per heavy atom. The van der Waals surface area contributed by atoms with Crippen molar-refractivity contribution >= 4 is 0 Å². The Morgan fingerprint density at radius 1 is 1.19 bits per heavy atom. The van der Waals surface area contributed by atoms with Gasteiger partial charge in [0.05, 0.1) is 36.4 Å². The number of hydrogen-bond acceptors (Lipinski definition) is 7. The molecule has 3 aromatic rings. The second-order valence-electron chi connectivity index (χ2n) is 8.21. The molecule has 9 heteroatoms. The molecule has 31 heavy (non-hydrogen) atoms. The summed E-state index contributed by atoms with van der Waals surface area (Å²) in [7, 11) is 0. The maximum atomic E-state index is 13.5. The van der Waals surface area contributed by atoms with Crippen LogP contribution >= 0.6 is 0 Å². The standard InChI is InChI=1S/C22H26FN5O3/c1-13(2)31-21-25-9-8-16(26-21)18-17(14-4-6-15(23)7-5-14)27-19(28-18)20-29-11-22(3,10-24)12-30-20/h4-9,13,20H,10-12,24H2,1-3H3,(H,27,28). The highest BCUT2D eigenvalue weighted by Crippen LogP contribution is 2.35. The number of hydrogen-bond donors (Lipinski definition) is 2. The van der Waals surface area contributed by atoms with Crippen LogP contribution in [-0.4, -0.2) is 45.8 Å². The summed E-state index contributed by atoms with van der Waals surface area (Å²) < 4.78 is 30.9. The molecule has 0 saturated carbocycles. The molecule has 1 aliphatic heterocycles. The minimum absolute atomic E-state index is 0.0648. The van der Waals surface area contributed by atoms with Crippen molar-refractivity contribution in [2.45, 2.75) is 33.2 Å². The van der Waals surface area contributed by atoms with Crippen molar-refractivity contribution in [1.29, 1.82) is 0 Å². The maximum Gasteiger partial charge on any atom is 0.317 e. The summed E-state index contributed by atoms with van der Waals surface area (Å²) in [4.78, 5) is 16.7. The number of benzene rings is 1. The molecular weight excluding hydrogens is 401 g/mol. The van der Waals surface area contributed by atoms with Crippen LogP contribution in [0.2, 0.25) is 0 Å². The Labute approximate surface area is 180 Å². The molecule has 1 aliphatic rings. The van der Waals surface area contributed by atoms with Gasteiger partial charge in [-0.1, -0.05) is 6.92 Å². The van der Waals surface area contributed by atoms with Crippen LogP contribution in [0, 0.1) is 11.2 Å². The van der Waals surface area contributed by atoms with Gasteiger partial charge in [-0.25, -0.2) is 14.4 Å². The minimum Gasteiger partial charge on any atom is -0.461 e. The fraction of sp³-hybridized carbons (Fsp3) is 0.409. The molecule has 0 amide bonds. The number of nitrogens with one attached hydrogen (secondary N) is 1. The molecule has 2 aromatic heterocycles. The predicted octanol–water partition coefficient (Wildman–Crippen LogP) is 3.47. The van der Waals surface area contributed by atoms with E-state index in [2.05, 4.69) is 15.0 Å². The molecule has 0 radical (unpaired) electrons. The number of nitrogens with zero attached hydrogens (tertiary/aromatic N) is 3. The van der Waals surface area contributed by atoms with Gasteiger partial charge in [0, 0.05) is 23.7 Å². The molecule has 1 aromatic carbocycles. The van der Waals surface area contributed by atoms with Crippen molar-refractivity contribution in [2.24, 2.45) is 11.1 Å². The number of imidazole rings is 1. The largest absolute Gasteiger partial charge is 0.461 e. The van der Waals surface area contributed by atoms with E-state index in [-0.39, 0.29) is 23.3 Å². The molecule has 1 fully saturated rings. The van der Waals surface area contributed by atoms with Gasteiger partial charge >= 0.3 is 6.01 Å². The van der Waals surface area contributed by atoms with E-state index in [1.807, 2.05) is 20.8 Å². The smallest absolute Gasteiger partial charge is 0.317 e. The first-order chi connectivity index (χ1) is 14.9. The van der Waals surface area contributed by atoms with Gasteiger partial charge < -0.3 is 24.9 Å². The maximum absolute atomic E-state index is 13.5. The number of aromatic nitrogens is 4. The van der Waals surface area contributed by atoms with E-state index in [0.717, 1.165) is 5.56 Å². The molecule has 3 N–H and O–H groups in total. The number of aromatic amines is 1. The summed E-state index contributed by atoms with van der Waals surface area (Å²) in [6.07, 6.45) is 0.890. The van der Waals surface area contributed by atoms with Gasteiger partial charge in [-0.05, 0) is 44.2 Å². The topological polar surface area (TPSA) is 108 Å². The lowest BCUT2D eigenvalue weighted by molar-refractivity contribution is -0.231. The summed E-state index contributed by atoms with van der Waals surface area (Å²) in [5.41, 5.74) is 8.14. The van der Waals surface area contributed by atoms with Gasteiger partial charge in [-0.2, -0.15) is 4.98 Å². The molecule has 0 atom stereocenters. The molecule has 0 spiro atoms. The molecule has 8 nitrogen and oxygen atoms in total. The summed E-state index contributed by atoms with van der Waals surface area (Å²) in [6, 6.07) is 8.13. The van der Waals surface area contributed by atoms with Crippen molar-refractivity contribution in [2.75, 3.05) is 19.8 Å². The summed E-state index contributed by atoms with van der Waals surface area (Å²) >= 11 is 0. The van der Waals surface area contributed by atoms with Crippen molar-refractivity contribution in [3.05, 3.63) is 48.2 Å². The summed E-state index contributed by atoms with van der Waals surface area (Å²) in [5, 5.41) is 0. The van der Waals surface area contributed by atoms with Gasteiger partial charge in [-0.15, -0.1) is 0 Å². The first-order valence-corrected chi connectivity index (χ1v) is 10.2. The predicted molar refractivity (Wildman–Crippen MR) is 113 cm³/mol. The van der Waals surface area contributed by atoms with Crippen LogP contribution in [0.5, 0.6) is 6.01 Å². The molecule has 0 unspecified atom stereocenters. The Kier molecular flexibility index (Phi) is 5.99. The molecule has 3 heterocycles. The number of ether oxygens (including phenoxy) is 3. The Balaban J connectivity index is 1.72. The van der Waals surface area contributed by atoms with Crippen molar-refractivity contribution in [3.63, 3.8) is 0 Å². The third-order valence-corrected chi connectivity index (χ3v) is 4.95. The molecule has 0 bridgehead atoms. The van der Waals surface area contributed by atoms with Crippen LogP contribution in [0.25, 0.3) is 22.6 Å². The zero-order chi connectivity index (χ0) is 22.0. The van der Waals surface area contributed by atoms with Crippen LogP contribution < -0.4 is 10.5 Å². The van der Waals surface area contributed by atoms with Crippen LogP contribution in [0.1, 0.15) is 32.9 Å². The van der Waals surface area contributed by atoms with E-state index in [1.165, 1.54) is 12.1 Å². The Morgan fingerprint density at radius 2 is 1.90 bits per heavy atom. The van der Waals surface area contributed by atoms with Crippen LogP contribution in [0.4, 0.5) is 4.39 Å². The number of nitrogens with two attached hydrogens (primary N) is 1. The molecule has 164 valence electrons. The highest BCUT2D eigenvalue weighted by atomic mass is 19.1. The molecule has 0 aliphatic carbocycles. The lowest BCUT2D eigenvalue weighted by Crippen LogP contribution is -2.42. The van der Waals surface area contributed by atoms with E-state index in [4.69, 9.17) is 24.9 Å². The van der Waals surface area contributed by atoms with Crippen molar-refractivity contribution in [3.8, 4) is 28.7 Å². The van der Waals surface area contributed by atoms with Gasteiger partial charge in [0.2, 0.25) is 6.29 Å².